The number of nitrogens with one attached hydrogen (secondary N) is 1. The monoisotopic (exact) mass is 406 g/mol. The van der Waals surface area contributed by atoms with E-state index in [1.807, 2.05) is 26.8 Å². The number of anilines is 2. The Bertz CT molecular complexity index is 951. The second-order valence-electron chi connectivity index (χ2n) is 7.38. The molecular weight excluding hydrogens is 380 g/mol. The number of amides is 1. The maximum Gasteiger partial charge on any atom is 0.417 e. The first-order valence-electron chi connectivity index (χ1n) is 8.64. The number of methoxy groups -OCH3 is 1. The molecule has 0 saturated carbocycles. The Morgan fingerprint density at radius 3 is 2.21 bits per heavy atom. The predicted octanol–water partition coefficient (Wildman–Crippen LogP) is 4.00. The molecular formula is C20H26N2O5S. The average Bonchev–Trinajstić information content (AvgIpc) is 2.59. The summed E-state index contributed by atoms with van der Waals surface area (Å²) in [6, 6.07) is 12.1. The lowest BCUT2D eigenvalue weighted by Crippen LogP contribution is -2.27. The third kappa shape index (κ3) is 5.16. The Kier molecular flexibility index (Phi) is 6.23. The molecule has 0 fully saturated rings. The van der Waals surface area contributed by atoms with E-state index in [9.17, 15) is 13.2 Å². The Labute approximate surface area is 166 Å². The Balaban J connectivity index is 2.50. The first-order chi connectivity index (χ1) is 12.9. The summed E-state index contributed by atoms with van der Waals surface area (Å²) in [5.41, 5.74) is 1.18. The van der Waals surface area contributed by atoms with Gasteiger partial charge in [-0.25, -0.2) is 13.2 Å². The van der Waals surface area contributed by atoms with Crippen LogP contribution in [0, 0.1) is 0 Å². The number of carbonyl (C=O) groups is 1. The number of rotatable bonds is 5. The topological polar surface area (TPSA) is 84.9 Å². The van der Waals surface area contributed by atoms with Gasteiger partial charge in [0.05, 0.1) is 24.7 Å². The van der Waals surface area contributed by atoms with Crippen molar-refractivity contribution in [2.24, 2.45) is 0 Å². The van der Waals surface area contributed by atoms with Crippen LogP contribution in [0.1, 0.15) is 26.3 Å². The molecule has 0 heterocycles. The zero-order valence-electron chi connectivity index (χ0n) is 16.9. The highest BCUT2D eigenvalue weighted by Crippen LogP contribution is 2.41. The summed E-state index contributed by atoms with van der Waals surface area (Å²) in [6.45, 7) is 5.97. The van der Waals surface area contributed by atoms with Crippen LogP contribution >= 0.6 is 0 Å². The van der Waals surface area contributed by atoms with E-state index in [-0.39, 0.29) is 11.2 Å². The van der Waals surface area contributed by atoms with Crippen molar-refractivity contribution in [3.63, 3.8) is 0 Å². The maximum atomic E-state index is 12.4. The molecule has 0 aliphatic carbocycles. The van der Waals surface area contributed by atoms with Gasteiger partial charge in [0.1, 0.15) is 5.75 Å². The van der Waals surface area contributed by atoms with Crippen LogP contribution in [-0.4, -0.2) is 34.9 Å². The summed E-state index contributed by atoms with van der Waals surface area (Å²) >= 11 is 0. The minimum atomic E-state index is -3.54. The summed E-state index contributed by atoms with van der Waals surface area (Å²) in [5, 5.41) is 2.66. The van der Waals surface area contributed by atoms with Crippen LogP contribution in [0.25, 0.3) is 0 Å². The smallest absolute Gasteiger partial charge is 0.417 e. The van der Waals surface area contributed by atoms with Crippen molar-refractivity contribution < 1.29 is 22.7 Å². The van der Waals surface area contributed by atoms with Gasteiger partial charge in [0.2, 0.25) is 10.0 Å². The Hall–Kier alpha value is -2.74. The molecule has 1 N–H and O–H groups in total. The summed E-state index contributed by atoms with van der Waals surface area (Å²) in [6.07, 6.45) is 0.399. The predicted molar refractivity (Wildman–Crippen MR) is 111 cm³/mol. The fraction of sp³-hybridized carbons (Fsp3) is 0.350. The normalized spacial score (nSPS) is 11.6. The molecule has 8 heteroatoms. The third-order valence-electron chi connectivity index (χ3n) is 4.17. The fourth-order valence-electron chi connectivity index (χ4n) is 2.50. The lowest BCUT2D eigenvalue weighted by atomic mass is 9.86. The fourth-order valence-corrected chi connectivity index (χ4v) is 2.99. The van der Waals surface area contributed by atoms with Crippen molar-refractivity contribution in [1.29, 1.82) is 0 Å². The molecule has 0 radical (unpaired) electrons. The molecule has 2 rings (SSSR count). The zero-order valence-corrected chi connectivity index (χ0v) is 17.8. The molecule has 152 valence electrons. The van der Waals surface area contributed by atoms with Crippen LogP contribution in [0.2, 0.25) is 0 Å². The standard InChI is InChI=1S/C20H26N2O5S/c1-20(2,3)14-12-16(21-19(23)27-15-10-8-7-9-11-15)18(26-5)17(13-14)22(4)28(6,24)25/h7-13H,1-6H3,(H,21,23). The molecule has 2 aromatic carbocycles. The first-order valence-corrected chi connectivity index (χ1v) is 10.5. The number of hydrogen-bond acceptors (Lipinski definition) is 5. The number of ether oxygens (including phenoxy) is 2. The number of para-hydroxylation sites is 1. The highest BCUT2D eigenvalue weighted by atomic mass is 32.2. The van der Waals surface area contributed by atoms with E-state index >= 15 is 0 Å². The molecule has 2 aromatic rings. The molecule has 0 unspecified atom stereocenters. The molecule has 0 aliphatic heterocycles. The highest BCUT2D eigenvalue weighted by Gasteiger charge is 2.25. The molecule has 0 aliphatic rings. The van der Waals surface area contributed by atoms with Gasteiger partial charge in [-0.3, -0.25) is 9.62 Å². The molecule has 0 saturated heterocycles. The molecule has 0 atom stereocenters. The summed E-state index contributed by atoms with van der Waals surface area (Å²) in [4.78, 5) is 12.4. The molecule has 0 spiro atoms. The van der Waals surface area contributed by atoms with E-state index < -0.39 is 16.1 Å². The van der Waals surface area contributed by atoms with Gasteiger partial charge in [0.25, 0.3) is 0 Å². The van der Waals surface area contributed by atoms with E-state index in [2.05, 4.69) is 5.32 Å². The second kappa shape index (κ2) is 8.10. The molecule has 0 aromatic heterocycles. The first kappa shape index (κ1) is 21.6. The maximum absolute atomic E-state index is 12.4. The molecule has 0 bridgehead atoms. The second-order valence-corrected chi connectivity index (χ2v) is 9.40. The largest absolute Gasteiger partial charge is 0.492 e. The van der Waals surface area contributed by atoms with E-state index in [1.165, 1.54) is 14.2 Å². The van der Waals surface area contributed by atoms with Gasteiger partial charge in [-0.05, 0) is 35.2 Å². The van der Waals surface area contributed by atoms with Crippen molar-refractivity contribution in [2.45, 2.75) is 26.2 Å². The Morgan fingerprint density at radius 2 is 1.71 bits per heavy atom. The van der Waals surface area contributed by atoms with Crippen molar-refractivity contribution in [3.8, 4) is 11.5 Å². The highest BCUT2D eigenvalue weighted by molar-refractivity contribution is 7.92. The van der Waals surface area contributed by atoms with Crippen molar-refractivity contribution in [3.05, 3.63) is 48.0 Å². The number of carbonyl (C=O) groups excluding carboxylic acids is 1. The minimum absolute atomic E-state index is 0.228. The number of hydrogen-bond donors (Lipinski definition) is 1. The van der Waals surface area contributed by atoms with E-state index in [1.54, 1.807) is 36.4 Å². The van der Waals surface area contributed by atoms with E-state index in [0.717, 1.165) is 16.1 Å². The van der Waals surface area contributed by atoms with Gasteiger partial charge in [-0.15, -0.1) is 0 Å². The van der Waals surface area contributed by atoms with E-state index in [0.29, 0.717) is 17.1 Å². The number of benzene rings is 2. The third-order valence-corrected chi connectivity index (χ3v) is 5.36. The van der Waals surface area contributed by atoms with Crippen LogP contribution in [0.5, 0.6) is 11.5 Å². The lowest BCUT2D eigenvalue weighted by molar-refractivity contribution is 0.215. The summed E-state index contributed by atoms with van der Waals surface area (Å²) in [7, 11) is -0.683. The number of nitrogens with zero attached hydrogens (tertiary/aromatic N) is 1. The quantitative estimate of drug-likeness (QED) is 0.811. The van der Waals surface area contributed by atoms with Crippen LogP contribution in [0.15, 0.2) is 42.5 Å². The molecule has 1 amide bonds. The van der Waals surface area contributed by atoms with Gasteiger partial charge in [0.15, 0.2) is 5.75 Å². The SMILES string of the molecule is COc1c(NC(=O)Oc2ccccc2)cc(C(C)(C)C)cc1N(C)S(C)(=O)=O. The lowest BCUT2D eigenvalue weighted by Gasteiger charge is -2.27. The Morgan fingerprint density at radius 1 is 1.11 bits per heavy atom. The van der Waals surface area contributed by atoms with Gasteiger partial charge in [-0.1, -0.05) is 39.0 Å². The van der Waals surface area contributed by atoms with E-state index in [4.69, 9.17) is 9.47 Å². The summed E-state index contributed by atoms with van der Waals surface area (Å²) < 4.78 is 36.0. The molecule has 7 nitrogen and oxygen atoms in total. The van der Waals surface area contributed by atoms with Crippen LogP contribution < -0.4 is 19.1 Å². The van der Waals surface area contributed by atoms with Gasteiger partial charge in [0, 0.05) is 7.05 Å². The molecule has 28 heavy (non-hydrogen) atoms. The van der Waals surface area contributed by atoms with Crippen molar-refractivity contribution >= 4 is 27.5 Å². The summed E-state index contributed by atoms with van der Waals surface area (Å²) in [5.74, 6) is 0.616. The van der Waals surface area contributed by atoms with Crippen LogP contribution in [-0.2, 0) is 15.4 Å². The zero-order chi connectivity index (χ0) is 21.1. The van der Waals surface area contributed by atoms with Crippen molar-refractivity contribution in [1.82, 2.24) is 0 Å². The van der Waals surface area contributed by atoms with Crippen LogP contribution in [0.4, 0.5) is 16.2 Å². The van der Waals surface area contributed by atoms with Gasteiger partial charge >= 0.3 is 6.09 Å². The van der Waals surface area contributed by atoms with Crippen LogP contribution in [0.3, 0.4) is 0 Å². The van der Waals surface area contributed by atoms with Crippen molar-refractivity contribution in [2.75, 3.05) is 30.0 Å². The average molecular weight is 407 g/mol. The minimum Gasteiger partial charge on any atom is -0.492 e. The number of sulfonamides is 1. The van der Waals surface area contributed by atoms with Gasteiger partial charge in [-0.2, -0.15) is 0 Å². The van der Waals surface area contributed by atoms with Gasteiger partial charge < -0.3 is 9.47 Å².